The number of likely N-dealkylation sites (N-methyl/N-ethyl adjacent to an activating group) is 1. The number of hydrogen-bond donors (Lipinski definition) is 3. The molecule has 0 unspecified atom stereocenters. The fourth-order valence-corrected chi connectivity index (χ4v) is 10.4. The van der Waals surface area contributed by atoms with Crippen LogP contribution >= 0.6 is 0 Å². The lowest BCUT2D eigenvalue weighted by Gasteiger charge is -2.51. The van der Waals surface area contributed by atoms with Crippen LogP contribution in [-0.2, 0) is 52.6 Å². The molecule has 8 heterocycles. The number of rotatable bonds is 2. The molecule has 2 amide bonds. The van der Waals surface area contributed by atoms with Gasteiger partial charge >= 0.3 is 0 Å². The van der Waals surface area contributed by atoms with Gasteiger partial charge in [-0.15, -0.1) is 0 Å². The Morgan fingerprint density at radius 2 is 1.12 bits per heavy atom. The van der Waals surface area contributed by atoms with Crippen LogP contribution in [0.25, 0.3) is 45.6 Å². The summed E-state index contributed by atoms with van der Waals surface area (Å²) in [7, 11) is 6.13. The molecule has 0 bridgehead atoms. The SMILES string of the molecule is CN1CC2(Cc3c(c4c(n3C)-c3nc(-c5cccc(F)c5)ncc3CC4)C(=O)N2)C1.Cn1c2c(c3c1-c1nc(-c4cccc(F)c4)ncc1CC3)C(=O)NC1(CNC1)C2. The standard InChI is InChI=1S/C23H22FN5O.C22H20FN5O/c1-28-11-23(12-28)9-17-18(22(30)27-23)16-7-6-14-10-25-21(13-4-3-5-15(24)8-13)26-19(14)20(16)29(17)2;1-28-16-8-22(10-24-11-22)27-21(29)17(16)15-6-5-13-9-25-20(26-18(13)19(15)28)12-3-2-4-14(23)7-12/h3-5,8,10H,6-7,9,11-12H2,1-2H3,(H,27,30);2-4,7,9,24H,5-6,8,10-11H2,1H3,(H,27,29). The molecule has 2 saturated heterocycles. The molecule has 12 rings (SSSR count). The number of carbonyl (C=O) groups is 2. The van der Waals surface area contributed by atoms with Crippen molar-refractivity contribution in [2.24, 2.45) is 14.1 Å². The normalized spacial score (nSPS) is 18.7. The second-order valence-corrected chi connectivity index (χ2v) is 17.2. The largest absolute Gasteiger partial charge is 0.345 e. The maximum Gasteiger partial charge on any atom is 0.253 e. The van der Waals surface area contributed by atoms with Crippen LogP contribution in [0.1, 0.15) is 54.4 Å². The number of halogens is 2. The molecule has 6 aliphatic rings. The molecule has 3 N–H and O–H groups in total. The van der Waals surface area contributed by atoms with Gasteiger partial charge in [-0.3, -0.25) is 9.59 Å². The van der Waals surface area contributed by atoms with Gasteiger partial charge in [0, 0.05) is 88.0 Å². The number of aryl methyl sites for hydroxylation is 2. The lowest BCUT2D eigenvalue weighted by Crippen LogP contribution is -2.71. The molecule has 4 aromatic heterocycles. The quantitative estimate of drug-likeness (QED) is 0.236. The average Bonchev–Trinajstić information content (AvgIpc) is 3.67. The van der Waals surface area contributed by atoms with Crippen molar-refractivity contribution in [2.75, 3.05) is 33.2 Å². The summed E-state index contributed by atoms with van der Waals surface area (Å²) in [6.07, 6.45) is 8.53. The van der Waals surface area contributed by atoms with Gasteiger partial charge in [0.25, 0.3) is 11.8 Å². The molecule has 2 aliphatic carbocycles. The first-order valence-corrected chi connectivity index (χ1v) is 20.2. The van der Waals surface area contributed by atoms with Crippen molar-refractivity contribution in [3.05, 3.63) is 117 Å². The highest BCUT2D eigenvalue weighted by Crippen LogP contribution is 2.43. The Kier molecular flexibility index (Phi) is 7.89. The third kappa shape index (κ3) is 5.60. The van der Waals surface area contributed by atoms with Crippen molar-refractivity contribution < 1.29 is 18.4 Å². The molecule has 0 atom stereocenters. The van der Waals surface area contributed by atoms with Crippen LogP contribution in [0.15, 0.2) is 60.9 Å². The summed E-state index contributed by atoms with van der Waals surface area (Å²) in [6, 6.07) is 12.7. The van der Waals surface area contributed by atoms with Crippen molar-refractivity contribution in [1.29, 1.82) is 0 Å². The van der Waals surface area contributed by atoms with Crippen LogP contribution in [-0.4, -0.2) is 90.1 Å². The van der Waals surface area contributed by atoms with Crippen molar-refractivity contribution in [2.45, 2.75) is 49.6 Å². The number of aromatic nitrogens is 6. The zero-order valence-electron chi connectivity index (χ0n) is 33.0. The maximum absolute atomic E-state index is 13.7. The monoisotopic (exact) mass is 792 g/mol. The number of nitrogens with zero attached hydrogens (tertiary/aromatic N) is 7. The molecule has 14 heteroatoms. The fraction of sp³-hybridized carbons (Fsp3) is 0.333. The van der Waals surface area contributed by atoms with Crippen molar-refractivity contribution >= 4 is 11.8 Å². The third-order valence-electron chi connectivity index (χ3n) is 13.2. The second kappa shape index (κ2) is 12.9. The van der Waals surface area contributed by atoms with E-state index in [4.69, 9.17) is 9.97 Å². The summed E-state index contributed by atoms with van der Waals surface area (Å²) in [5.74, 6) is 0.434. The first kappa shape index (κ1) is 36.0. The topological polar surface area (TPSA) is 135 Å². The molecular weight excluding hydrogens is 751 g/mol. The Hall–Kier alpha value is -6.12. The van der Waals surface area contributed by atoms with E-state index in [9.17, 15) is 18.4 Å². The van der Waals surface area contributed by atoms with E-state index in [2.05, 4.69) is 47.0 Å². The van der Waals surface area contributed by atoms with Gasteiger partial charge in [0.05, 0.1) is 45.0 Å². The Balaban J connectivity index is 0.000000135. The highest BCUT2D eigenvalue weighted by molar-refractivity contribution is 6.02. The summed E-state index contributed by atoms with van der Waals surface area (Å²) in [4.78, 5) is 46.9. The summed E-state index contributed by atoms with van der Waals surface area (Å²) in [6.45, 7) is 3.35. The molecule has 4 aliphatic heterocycles. The summed E-state index contributed by atoms with van der Waals surface area (Å²) < 4.78 is 31.7. The Labute approximate surface area is 339 Å². The minimum absolute atomic E-state index is 0.0208. The minimum atomic E-state index is -0.310. The van der Waals surface area contributed by atoms with Gasteiger partial charge in [-0.2, -0.15) is 0 Å². The zero-order chi connectivity index (χ0) is 40.4. The third-order valence-corrected chi connectivity index (χ3v) is 13.2. The minimum Gasteiger partial charge on any atom is -0.345 e. The summed E-state index contributed by atoms with van der Waals surface area (Å²) >= 11 is 0. The lowest BCUT2D eigenvalue weighted by atomic mass is 9.80. The van der Waals surface area contributed by atoms with Gasteiger partial charge in [0.15, 0.2) is 11.6 Å². The molecule has 0 saturated carbocycles. The fourth-order valence-electron chi connectivity index (χ4n) is 10.4. The van der Waals surface area contributed by atoms with Crippen molar-refractivity contribution in [3.63, 3.8) is 0 Å². The van der Waals surface area contributed by atoms with Gasteiger partial charge in [-0.1, -0.05) is 24.3 Å². The highest BCUT2D eigenvalue weighted by atomic mass is 19.1. The van der Waals surface area contributed by atoms with E-state index in [0.717, 1.165) is 132 Å². The van der Waals surface area contributed by atoms with Gasteiger partial charge in [0.1, 0.15) is 11.6 Å². The maximum atomic E-state index is 13.7. The molecule has 59 heavy (non-hydrogen) atoms. The van der Waals surface area contributed by atoms with E-state index >= 15 is 0 Å². The van der Waals surface area contributed by atoms with Gasteiger partial charge in [-0.25, -0.2) is 28.7 Å². The second-order valence-electron chi connectivity index (χ2n) is 17.2. The first-order valence-electron chi connectivity index (χ1n) is 20.2. The molecule has 2 spiro atoms. The Morgan fingerprint density at radius 3 is 1.56 bits per heavy atom. The molecule has 298 valence electrons. The Bertz CT molecular complexity index is 2800. The number of likely N-dealkylation sites (tertiary alicyclic amines) is 1. The van der Waals surface area contributed by atoms with Crippen molar-refractivity contribution in [1.82, 2.24) is 49.9 Å². The number of amides is 2. The Morgan fingerprint density at radius 1 is 0.644 bits per heavy atom. The van der Waals surface area contributed by atoms with E-state index in [-0.39, 0.29) is 34.5 Å². The molecule has 12 nitrogen and oxygen atoms in total. The molecule has 0 radical (unpaired) electrons. The summed E-state index contributed by atoms with van der Waals surface area (Å²) in [5.41, 5.74) is 12.8. The van der Waals surface area contributed by atoms with Crippen LogP contribution in [0.4, 0.5) is 8.78 Å². The van der Waals surface area contributed by atoms with Crippen LogP contribution in [0, 0.1) is 11.6 Å². The number of hydrogen-bond acceptors (Lipinski definition) is 8. The summed E-state index contributed by atoms with van der Waals surface area (Å²) in [5, 5.41) is 9.78. The molecule has 2 fully saturated rings. The molecule has 6 aromatic rings. The zero-order valence-corrected chi connectivity index (χ0v) is 33.0. The average molecular weight is 793 g/mol. The predicted octanol–water partition coefficient (Wildman–Crippen LogP) is 4.37. The number of nitrogens with one attached hydrogen (secondary N) is 3. The smallest absolute Gasteiger partial charge is 0.253 e. The van der Waals surface area contributed by atoms with Crippen LogP contribution in [0.2, 0.25) is 0 Å². The van der Waals surface area contributed by atoms with E-state index in [0.29, 0.717) is 22.8 Å². The number of fused-ring (bicyclic) bond motifs is 10. The highest BCUT2D eigenvalue weighted by Gasteiger charge is 2.49. The van der Waals surface area contributed by atoms with Crippen molar-refractivity contribution in [3.8, 4) is 45.6 Å². The van der Waals surface area contributed by atoms with E-state index in [1.165, 1.54) is 24.3 Å². The molecular formula is C45H42F2N10O2. The van der Waals surface area contributed by atoms with Gasteiger partial charge in [-0.05, 0) is 79.3 Å². The predicted molar refractivity (Wildman–Crippen MR) is 217 cm³/mol. The van der Waals surface area contributed by atoms with Gasteiger partial charge in [0.2, 0.25) is 0 Å². The van der Waals surface area contributed by atoms with Crippen LogP contribution < -0.4 is 16.0 Å². The number of benzene rings is 2. The van der Waals surface area contributed by atoms with E-state index in [1.54, 1.807) is 12.1 Å². The van der Waals surface area contributed by atoms with E-state index in [1.807, 2.05) is 38.6 Å². The first-order chi connectivity index (χ1) is 28.5. The van der Waals surface area contributed by atoms with Crippen LogP contribution in [0.5, 0.6) is 0 Å². The van der Waals surface area contributed by atoms with Gasteiger partial charge < -0.3 is 30.0 Å². The number of carbonyl (C=O) groups excluding carboxylic acids is 2. The van der Waals surface area contributed by atoms with E-state index < -0.39 is 0 Å². The van der Waals surface area contributed by atoms with Crippen LogP contribution in [0.3, 0.4) is 0 Å². The molecule has 2 aromatic carbocycles. The lowest BCUT2D eigenvalue weighted by molar-refractivity contribution is 0.0474.